The van der Waals surface area contributed by atoms with Crippen LogP contribution in [0, 0.1) is 0 Å². The third-order valence-electron chi connectivity index (χ3n) is 1.66. The second kappa shape index (κ2) is 4.96. The Bertz CT molecular complexity index is 320. The summed E-state index contributed by atoms with van der Waals surface area (Å²) in [6, 6.07) is 0. The molecule has 0 rings (SSSR count). The van der Waals surface area contributed by atoms with Gasteiger partial charge in [0.2, 0.25) is 0 Å². The Kier molecular flexibility index (Phi) is 4.77. The molecule has 90 valence electrons. The Balaban J connectivity index is 4.73. The van der Waals surface area contributed by atoms with E-state index in [4.69, 9.17) is 25.0 Å². The fourth-order valence-electron chi connectivity index (χ4n) is 0.764. The maximum absolute atomic E-state index is 10.7. The van der Waals surface area contributed by atoms with E-state index in [2.05, 4.69) is 0 Å². The van der Waals surface area contributed by atoms with Crippen LogP contribution < -0.4 is 0 Å². The van der Waals surface area contributed by atoms with Gasteiger partial charge in [-0.05, 0) is 6.92 Å². The van der Waals surface area contributed by atoms with Gasteiger partial charge in [-0.3, -0.25) is 9.35 Å². The molecule has 0 bridgehead atoms. The van der Waals surface area contributed by atoms with Crippen LogP contribution in [0.25, 0.3) is 0 Å². The van der Waals surface area contributed by atoms with Gasteiger partial charge in [0.1, 0.15) is 12.2 Å². The highest BCUT2D eigenvalue weighted by atomic mass is 32.2. The topological polar surface area (TPSA) is 152 Å². The normalized spacial score (nSPS) is 20.4. The number of carbonyl (C=O) groups excluding carboxylic acids is 1. The molecule has 0 aromatic rings. The molecule has 15 heavy (non-hydrogen) atoms. The van der Waals surface area contributed by atoms with Gasteiger partial charge in [0.05, 0.1) is 6.10 Å². The minimum atomic E-state index is -5.15. The van der Waals surface area contributed by atoms with Gasteiger partial charge in [-0.25, -0.2) is 0 Å². The first kappa shape index (κ1) is 14.4. The van der Waals surface area contributed by atoms with Crippen LogP contribution in [0.4, 0.5) is 0 Å². The third kappa shape index (κ3) is 3.81. The smallest absolute Gasteiger partial charge is 0.331 e. The second-order valence-corrected chi connectivity index (χ2v) is 4.31. The van der Waals surface area contributed by atoms with Crippen LogP contribution in [0.2, 0.25) is 0 Å². The third-order valence-corrected chi connectivity index (χ3v) is 2.41. The summed E-state index contributed by atoms with van der Waals surface area (Å²) >= 11 is 0. The van der Waals surface area contributed by atoms with Crippen LogP contribution in [0.3, 0.4) is 0 Å². The van der Waals surface area contributed by atoms with Gasteiger partial charge in [0.25, 0.3) is 0 Å². The van der Waals surface area contributed by atoms with E-state index in [1.54, 1.807) is 0 Å². The first-order valence-electron chi connectivity index (χ1n) is 3.82. The van der Waals surface area contributed by atoms with Crippen molar-refractivity contribution in [2.24, 2.45) is 0 Å². The summed E-state index contributed by atoms with van der Waals surface area (Å²) in [5, 5.41) is 33.7. The molecule has 0 aromatic carbocycles. The van der Waals surface area contributed by atoms with Crippen molar-refractivity contribution in [1.29, 1.82) is 0 Å². The maximum atomic E-state index is 10.7. The van der Waals surface area contributed by atoms with E-state index in [0.717, 1.165) is 6.92 Å². The molecule has 5 N–H and O–H groups in total. The van der Waals surface area contributed by atoms with E-state index in [1.807, 2.05) is 0 Å². The van der Waals surface area contributed by atoms with Crippen LogP contribution >= 0.6 is 0 Å². The van der Waals surface area contributed by atoms with E-state index in [1.165, 1.54) is 0 Å². The van der Waals surface area contributed by atoms with Crippen LogP contribution in [0.15, 0.2) is 0 Å². The number of hydrogen-bond acceptors (Lipinski definition) is 7. The predicted octanol–water partition coefficient (Wildman–Crippen LogP) is -3.14. The quantitative estimate of drug-likeness (QED) is 0.325. The Morgan fingerprint density at radius 1 is 1.07 bits per heavy atom. The number of carbonyl (C=O) groups is 1. The number of hydrogen-bond donors (Lipinski definition) is 5. The van der Waals surface area contributed by atoms with E-state index in [-0.39, 0.29) is 0 Å². The zero-order valence-corrected chi connectivity index (χ0v) is 8.49. The van der Waals surface area contributed by atoms with Gasteiger partial charge < -0.3 is 20.4 Å². The van der Waals surface area contributed by atoms with Gasteiger partial charge in [-0.15, -0.1) is 0 Å². The molecule has 0 saturated heterocycles. The SMILES string of the molecule is C[C@H](O)[C@@H](O)[C@@H](O)[C@H](O)C(=O)S(=O)(=O)O. The minimum absolute atomic E-state index is 1.05. The van der Waals surface area contributed by atoms with Crippen molar-refractivity contribution in [3.8, 4) is 0 Å². The lowest BCUT2D eigenvalue weighted by molar-refractivity contribution is -0.136. The molecular weight excluding hydrogens is 232 g/mol. The Hall–Kier alpha value is -0.580. The molecule has 0 radical (unpaired) electrons. The molecule has 0 heterocycles. The van der Waals surface area contributed by atoms with Gasteiger partial charge in [0.15, 0.2) is 6.10 Å². The molecule has 0 aliphatic heterocycles. The average Bonchev–Trinajstić information content (AvgIpc) is 2.11. The number of aliphatic hydroxyl groups is 4. The summed E-state index contributed by atoms with van der Waals surface area (Å²) in [5.74, 6) is 0. The summed E-state index contributed by atoms with van der Waals surface area (Å²) in [5.41, 5.74) is 0. The lowest BCUT2D eigenvalue weighted by Crippen LogP contribution is -2.48. The molecule has 0 saturated carbocycles. The van der Waals surface area contributed by atoms with Crippen molar-refractivity contribution in [3.05, 3.63) is 0 Å². The second-order valence-electron chi connectivity index (χ2n) is 2.96. The molecule has 8 nitrogen and oxygen atoms in total. The minimum Gasteiger partial charge on any atom is -0.391 e. The first-order chi connectivity index (χ1) is 6.59. The summed E-state index contributed by atoms with van der Waals surface area (Å²) in [6.45, 7) is 1.05. The summed E-state index contributed by atoms with van der Waals surface area (Å²) < 4.78 is 28.8. The molecule has 4 atom stereocenters. The van der Waals surface area contributed by atoms with Crippen molar-refractivity contribution < 1.29 is 38.2 Å². The molecule has 0 unspecified atom stereocenters. The van der Waals surface area contributed by atoms with Crippen molar-refractivity contribution in [3.63, 3.8) is 0 Å². The van der Waals surface area contributed by atoms with Crippen LogP contribution in [0.5, 0.6) is 0 Å². The maximum Gasteiger partial charge on any atom is 0.331 e. The molecule has 0 amide bonds. The van der Waals surface area contributed by atoms with Crippen LogP contribution in [-0.4, -0.2) is 62.9 Å². The molecule has 0 aliphatic rings. The van der Waals surface area contributed by atoms with Crippen molar-refractivity contribution >= 4 is 15.2 Å². The Labute approximate surface area is 85.5 Å². The van der Waals surface area contributed by atoms with E-state index >= 15 is 0 Å². The van der Waals surface area contributed by atoms with Crippen LogP contribution in [-0.2, 0) is 14.9 Å². The van der Waals surface area contributed by atoms with Gasteiger partial charge in [0, 0.05) is 0 Å². The summed E-state index contributed by atoms with van der Waals surface area (Å²) in [6.07, 6.45) is -8.13. The first-order valence-corrected chi connectivity index (χ1v) is 5.26. The van der Waals surface area contributed by atoms with Gasteiger partial charge in [-0.1, -0.05) is 0 Å². The molecule has 0 aliphatic carbocycles. The highest BCUT2D eigenvalue weighted by Crippen LogP contribution is 2.07. The zero-order chi connectivity index (χ0) is 12.4. The highest BCUT2D eigenvalue weighted by molar-refractivity contribution is 8.01. The molecule has 0 aromatic heterocycles. The van der Waals surface area contributed by atoms with Crippen LogP contribution in [0.1, 0.15) is 6.92 Å². The highest BCUT2D eigenvalue weighted by Gasteiger charge is 2.38. The average molecular weight is 244 g/mol. The lowest BCUT2D eigenvalue weighted by Gasteiger charge is -2.22. The number of rotatable bonds is 4. The fourth-order valence-corrected chi connectivity index (χ4v) is 1.21. The Morgan fingerprint density at radius 3 is 1.73 bits per heavy atom. The largest absolute Gasteiger partial charge is 0.391 e. The van der Waals surface area contributed by atoms with Crippen molar-refractivity contribution in [2.75, 3.05) is 0 Å². The summed E-state index contributed by atoms with van der Waals surface area (Å²) in [7, 11) is -5.15. The van der Waals surface area contributed by atoms with Gasteiger partial charge in [-0.2, -0.15) is 8.42 Å². The lowest BCUT2D eigenvalue weighted by atomic mass is 10.1. The Morgan fingerprint density at radius 2 is 1.47 bits per heavy atom. The summed E-state index contributed by atoms with van der Waals surface area (Å²) in [4.78, 5) is 10.7. The van der Waals surface area contributed by atoms with Crippen molar-refractivity contribution in [2.45, 2.75) is 31.3 Å². The standard InChI is InChI=1S/C6H12O8S/c1-2(7)3(8)4(9)5(10)6(11)15(12,13)14/h2-5,7-10H,1H3,(H,12,13,14)/t2-,3+,4+,5-/m0/s1. The zero-order valence-electron chi connectivity index (χ0n) is 7.68. The predicted molar refractivity (Wildman–Crippen MR) is 46.3 cm³/mol. The van der Waals surface area contributed by atoms with E-state index < -0.39 is 39.6 Å². The molecule has 9 heteroatoms. The van der Waals surface area contributed by atoms with E-state index in [0.29, 0.717) is 0 Å². The number of aliphatic hydroxyl groups excluding tert-OH is 4. The fraction of sp³-hybridized carbons (Fsp3) is 0.833. The van der Waals surface area contributed by atoms with Gasteiger partial charge >= 0.3 is 15.2 Å². The molecule has 0 fully saturated rings. The molecule has 0 spiro atoms. The van der Waals surface area contributed by atoms with E-state index in [9.17, 15) is 13.2 Å². The molecular formula is C6H12O8S. The van der Waals surface area contributed by atoms with Crippen molar-refractivity contribution in [1.82, 2.24) is 0 Å². The monoisotopic (exact) mass is 244 g/mol.